The van der Waals surface area contributed by atoms with Gasteiger partial charge in [-0.2, -0.15) is 5.26 Å². The number of nitrogens with one attached hydrogen (secondary N) is 2. The van der Waals surface area contributed by atoms with Crippen molar-refractivity contribution in [1.82, 2.24) is 10.2 Å². The Hall–Kier alpha value is -4.55. The number of hydrogen-bond acceptors (Lipinski definition) is 6. The van der Waals surface area contributed by atoms with E-state index < -0.39 is 42.1 Å². The number of amides is 3. The van der Waals surface area contributed by atoms with Crippen molar-refractivity contribution >= 4 is 35.2 Å². The van der Waals surface area contributed by atoms with E-state index in [1.165, 1.54) is 12.1 Å². The molecule has 0 heterocycles. The molecule has 0 spiro atoms. The highest BCUT2D eigenvalue weighted by atomic mass is 35.5. The lowest BCUT2D eigenvalue weighted by Crippen LogP contribution is -2.53. The number of halogens is 1. The highest BCUT2D eigenvalue weighted by Crippen LogP contribution is 2.31. The number of aryl methyl sites for hydroxylation is 2. The fraction of sp³-hybridized carbons (Fsp3) is 0.312. The summed E-state index contributed by atoms with van der Waals surface area (Å²) in [5, 5.41) is 25.7. The first-order valence-electron chi connectivity index (χ1n) is 13.4. The van der Waals surface area contributed by atoms with Crippen LogP contribution in [-0.4, -0.2) is 46.1 Å². The number of phenols is 1. The molecule has 0 bridgehead atoms. The van der Waals surface area contributed by atoms with E-state index in [2.05, 4.69) is 10.6 Å². The number of nitrogens with zero attached hydrogens (tertiary/aromatic N) is 2. The highest BCUT2D eigenvalue weighted by molar-refractivity contribution is 6.34. The molecule has 220 valence electrons. The maximum atomic E-state index is 14.2. The number of carbonyl (C=O) groups is 3. The Morgan fingerprint density at radius 1 is 1.02 bits per heavy atom. The molecule has 3 rings (SSSR count). The van der Waals surface area contributed by atoms with E-state index in [1.54, 1.807) is 83.1 Å². The predicted octanol–water partition coefficient (Wildman–Crippen LogP) is 5.83. The molecule has 0 radical (unpaired) electrons. The Morgan fingerprint density at radius 2 is 1.71 bits per heavy atom. The van der Waals surface area contributed by atoms with Gasteiger partial charge < -0.3 is 25.4 Å². The van der Waals surface area contributed by atoms with Gasteiger partial charge in [0, 0.05) is 6.42 Å². The summed E-state index contributed by atoms with van der Waals surface area (Å²) in [5.74, 6) is -1.30. The number of ether oxygens (including phenoxy) is 1. The molecule has 3 aromatic rings. The Balaban J connectivity index is 2.09. The van der Waals surface area contributed by atoms with Gasteiger partial charge in [-0.25, -0.2) is 4.79 Å². The normalized spacial score (nSPS) is 12.4. The number of rotatable bonds is 9. The molecule has 2 unspecified atom stereocenters. The third-order valence-electron chi connectivity index (χ3n) is 6.36. The second-order valence-corrected chi connectivity index (χ2v) is 11.3. The van der Waals surface area contributed by atoms with E-state index in [4.69, 9.17) is 16.3 Å². The van der Waals surface area contributed by atoms with Gasteiger partial charge in [-0.05, 0) is 75.1 Å². The third kappa shape index (κ3) is 8.48. The number of aromatic hydroxyl groups is 1. The van der Waals surface area contributed by atoms with Crippen molar-refractivity contribution in [2.24, 2.45) is 0 Å². The van der Waals surface area contributed by atoms with Gasteiger partial charge >= 0.3 is 6.09 Å². The molecule has 0 aliphatic heterocycles. The average Bonchev–Trinajstić information content (AvgIpc) is 2.91. The molecule has 3 N–H and O–H groups in total. The van der Waals surface area contributed by atoms with Crippen LogP contribution in [0.3, 0.4) is 0 Å². The first kappa shape index (κ1) is 32.0. The second-order valence-electron chi connectivity index (χ2n) is 10.9. The van der Waals surface area contributed by atoms with E-state index in [0.717, 1.165) is 10.5 Å². The summed E-state index contributed by atoms with van der Waals surface area (Å²) in [6, 6.07) is 18.2. The number of hydrogen-bond donors (Lipinski definition) is 3. The molecule has 0 aliphatic carbocycles. The van der Waals surface area contributed by atoms with Crippen molar-refractivity contribution < 1.29 is 24.2 Å². The predicted molar refractivity (Wildman–Crippen MR) is 161 cm³/mol. The average molecular weight is 591 g/mol. The van der Waals surface area contributed by atoms with Gasteiger partial charge in [0.1, 0.15) is 30.0 Å². The summed E-state index contributed by atoms with van der Waals surface area (Å²) in [5.41, 5.74) is 1.81. The summed E-state index contributed by atoms with van der Waals surface area (Å²) in [6.45, 7) is 8.07. The van der Waals surface area contributed by atoms with Crippen LogP contribution in [0, 0.1) is 25.2 Å². The first-order chi connectivity index (χ1) is 19.8. The summed E-state index contributed by atoms with van der Waals surface area (Å²) >= 11 is 6.38. The zero-order chi connectivity index (χ0) is 31.0. The van der Waals surface area contributed by atoms with Crippen molar-refractivity contribution in [3.05, 3.63) is 94.0 Å². The molecule has 0 saturated carbocycles. The van der Waals surface area contributed by atoms with Crippen molar-refractivity contribution in [3.8, 4) is 11.8 Å². The Kier molecular flexibility index (Phi) is 10.6. The molecule has 3 amide bonds. The fourth-order valence-electron chi connectivity index (χ4n) is 4.38. The smallest absolute Gasteiger partial charge is 0.408 e. The Morgan fingerprint density at radius 3 is 2.31 bits per heavy atom. The molecular weight excluding hydrogens is 556 g/mol. The maximum Gasteiger partial charge on any atom is 0.408 e. The van der Waals surface area contributed by atoms with Gasteiger partial charge in [-0.1, -0.05) is 60.1 Å². The van der Waals surface area contributed by atoms with E-state index in [1.807, 2.05) is 12.1 Å². The maximum absolute atomic E-state index is 14.2. The van der Waals surface area contributed by atoms with Crippen LogP contribution in [0.1, 0.15) is 49.1 Å². The molecule has 3 aromatic carbocycles. The number of carbonyl (C=O) groups excluding carboxylic acids is 3. The van der Waals surface area contributed by atoms with Crippen LogP contribution >= 0.6 is 11.6 Å². The highest BCUT2D eigenvalue weighted by Gasteiger charge is 2.37. The van der Waals surface area contributed by atoms with Crippen molar-refractivity contribution in [1.29, 1.82) is 5.26 Å². The lowest BCUT2D eigenvalue weighted by Gasteiger charge is -2.33. The summed E-state index contributed by atoms with van der Waals surface area (Å²) in [6.07, 6.45) is -0.741. The summed E-state index contributed by atoms with van der Waals surface area (Å²) in [7, 11) is 0. The monoisotopic (exact) mass is 590 g/mol. The van der Waals surface area contributed by atoms with Crippen LogP contribution in [0.2, 0.25) is 5.02 Å². The third-order valence-corrected chi connectivity index (χ3v) is 6.68. The molecular formula is C32H35ClN4O5. The van der Waals surface area contributed by atoms with E-state index in [-0.39, 0.29) is 12.2 Å². The molecule has 10 heteroatoms. The molecule has 0 aromatic heterocycles. The standard InChI is InChI=1S/C32H35ClN4O5/c1-20-10-9-13-24(33)27(20)36-29(39)28(23-14-15-26(38)21(2)18-23)37(17-16-34)30(40)25(19-22-11-7-6-8-12-22)35-31(41)42-32(3,4)5/h6-15,18,25,28,38H,17,19H2,1-5H3,(H,35,41)(H,36,39). The SMILES string of the molecule is Cc1cc(C(C(=O)Nc2c(C)cccc2Cl)N(CC#N)C(=O)C(Cc2ccccc2)NC(=O)OC(C)(C)C)ccc1O. The topological polar surface area (TPSA) is 132 Å². The van der Waals surface area contributed by atoms with Crippen molar-refractivity contribution in [2.45, 2.75) is 58.7 Å². The lowest BCUT2D eigenvalue weighted by molar-refractivity contribution is -0.140. The zero-order valence-electron chi connectivity index (χ0n) is 24.3. The molecule has 9 nitrogen and oxygen atoms in total. The van der Waals surface area contributed by atoms with Gasteiger partial charge in [0.15, 0.2) is 0 Å². The minimum Gasteiger partial charge on any atom is -0.508 e. The van der Waals surface area contributed by atoms with E-state index >= 15 is 0 Å². The molecule has 2 atom stereocenters. The van der Waals surface area contributed by atoms with Crippen molar-refractivity contribution in [2.75, 3.05) is 11.9 Å². The van der Waals surface area contributed by atoms with Gasteiger partial charge in [0.05, 0.1) is 16.8 Å². The summed E-state index contributed by atoms with van der Waals surface area (Å²) < 4.78 is 5.42. The van der Waals surface area contributed by atoms with Gasteiger partial charge in [0.25, 0.3) is 5.91 Å². The number of para-hydroxylation sites is 1. The van der Waals surface area contributed by atoms with E-state index in [0.29, 0.717) is 27.4 Å². The quantitative estimate of drug-likeness (QED) is 0.269. The lowest BCUT2D eigenvalue weighted by atomic mass is 9.98. The van der Waals surface area contributed by atoms with Crippen molar-refractivity contribution in [3.63, 3.8) is 0 Å². The number of phenolic OH excluding ortho intramolecular Hbond substituents is 1. The number of anilines is 1. The van der Waals surface area contributed by atoms with Gasteiger partial charge in [0.2, 0.25) is 5.91 Å². The van der Waals surface area contributed by atoms with E-state index in [9.17, 15) is 24.8 Å². The molecule has 0 aliphatic rings. The second kappa shape index (κ2) is 13.9. The molecule has 0 saturated heterocycles. The minimum atomic E-state index is -1.31. The Labute approximate surface area is 251 Å². The van der Waals surface area contributed by atoms with Crippen LogP contribution in [0.5, 0.6) is 5.75 Å². The zero-order valence-corrected chi connectivity index (χ0v) is 25.0. The molecule has 0 fully saturated rings. The largest absolute Gasteiger partial charge is 0.508 e. The molecule has 42 heavy (non-hydrogen) atoms. The first-order valence-corrected chi connectivity index (χ1v) is 13.7. The van der Waals surface area contributed by atoms with Gasteiger partial charge in [-0.3, -0.25) is 9.59 Å². The number of nitriles is 1. The summed E-state index contributed by atoms with van der Waals surface area (Å²) in [4.78, 5) is 42.2. The Bertz CT molecular complexity index is 1460. The van der Waals surface area contributed by atoms with Gasteiger partial charge in [-0.15, -0.1) is 0 Å². The van der Waals surface area contributed by atoms with Crippen LogP contribution in [0.4, 0.5) is 10.5 Å². The van der Waals surface area contributed by atoms with Crippen LogP contribution in [-0.2, 0) is 20.7 Å². The van der Waals surface area contributed by atoms with Crippen LogP contribution in [0.15, 0.2) is 66.7 Å². The number of alkyl carbamates (subject to hydrolysis) is 1. The van der Waals surface area contributed by atoms with Crippen LogP contribution < -0.4 is 10.6 Å². The fourth-order valence-corrected chi connectivity index (χ4v) is 4.64. The van der Waals surface area contributed by atoms with Crippen LogP contribution in [0.25, 0.3) is 0 Å². The number of benzene rings is 3. The minimum absolute atomic E-state index is 0.00608.